The minimum Gasteiger partial charge on any atom is -0.354 e. The zero-order valence-corrected chi connectivity index (χ0v) is 28.4. The SMILES string of the molecule is CC.CC1(C)c2ccccc2-c2c(-c3cccc(-c4cccc5c4[nH]c4ccc(-n6c7ccccc7c7ccccc76)cc45)c3)cccc21.[HH]. The number of H-pyrrole nitrogens is 1. The molecule has 1 aliphatic rings. The van der Waals surface area contributed by atoms with Crippen LogP contribution < -0.4 is 0 Å². The van der Waals surface area contributed by atoms with Gasteiger partial charge >= 0.3 is 0 Å². The molecule has 2 heteroatoms. The van der Waals surface area contributed by atoms with Gasteiger partial charge in [-0.25, -0.2) is 0 Å². The van der Waals surface area contributed by atoms with Crippen LogP contribution in [0.1, 0.15) is 40.2 Å². The van der Waals surface area contributed by atoms with E-state index in [9.17, 15) is 0 Å². The standard InChI is InChI=1S/C45H32N2.C2H6.H2/c1-45(2)38-20-6-3-16-36(38)43-31(17-11-21-39(43)45)28-12-9-13-29(26-28)32-18-10-19-35-37-27-30(24-25-40(37)46-44(32)35)47-41-22-7-4-14-33(41)34-15-5-8-23-42(34)47;1-2;/h3-27,46H,1-2H3;1-2H3;1H. The second kappa shape index (κ2) is 11.1. The average molecular weight is 633 g/mol. The van der Waals surface area contributed by atoms with Gasteiger partial charge < -0.3 is 9.55 Å². The van der Waals surface area contributed by atoms with Crippen molar-refractivity contribution in [2.24, 2.45) is 0 Å². The predicted octanol–water partition coefficient (Wildman–Crippen LogP) is 13.3. The fraction of sp³-hybridized carbons (Fsp3) is 0.106. The van der Waals surface area contributed by atoms with Crippen molar-refractivity contribution >= 4 is 43.6 Å². The number of aromatic nitrogens is 2. The van der Waals surface area contributed by atoms with E-state index in [1.165, 1.54) is 88.3 Å². The summed E-state index contributed by atoms with van der Waals surface area (Å²) in [5.41, 5.74) is 16.4. The Morgan fingerprint density at radius 2 is 1.06 bits per heavy atom. The normalized spacial score (nSPS) is 13.1. The van der Waals surface area contributed by atoms with Gasteiger partial charge in [0.1, 0.15) is 0 Å². The summed E-state index contributed by atoms with van der Waals surface area (Å²) in [6.07, 6.45) is 0. The van der Waals surface area contributed by atoms with Crippen LogP contribution in [0.15, 0.2) is 152 Å². The second-order valence-corrected chi connectivity index (χ2v) is 13.4. The number of benzene rings is 7. The Bertz CT molecular complexity index is 2670. The summed E-state index contributed by atoms with van der Waals surface area (Å²) in [5, 5.41) is 5.03. The van der Waals surface area contributed by atoms with E-state index in [1.54, 1.807) is 0 Å². The summed E-state index contributed by atoms with van der Waals surface area (Å²) in [6.45, 7) is 8.70. The second-order valence-electron chi connectivity index (χ2n) is 13.4. The zero-order valence-electron chi connectivity index (χ0n) is 28.4. The molecule has 0 saturated heterocycles. The lowest BCUT2D eigenvalue weighted by atomic mass is 9.82. The number of nitrogens with one attached hydrogen (secondary N) is 1. The third kappa shape index (κ3) is 4.27. The summed E-state index contributed by atoms with van der Waals surface area (Å²) in [5.74, 6) is 0. The molecular formula is C47H40N2. The number of nitrogens with zero attached hydrogens (tertiary/aromatic N) is 1. The highest BCUT2D eigenvalue weighted by molar-refractivity contribution is 6.14. The maximum atomic E-state index is 3.81. The summed E-state index contributed by atoms with van der Waals surface area (Å²) < 4.78 is 2.40. The van der Waals surface area contributed by atoms with Crippen molar-refractivity contribution in [3.63, 3.8) is 0 Å². The molecule has 1 N–H and O–H groups in total. The molecule has 0 saturated carbocycles. The molecule has 0 spiro atoms. The first-order chi connectivity index (χ1) is 24.1. The third-order valence-corrected chi connectivity index (χ3v) is 10.5. The smallest absolute Gasteiger partial charge is 0.0544 e. The topological polar surface area (TPSA) is 20.7 Å². The van der Waals surface area contributed by atoms with Gasteiger partial charge in [0, 0.05) is 45.2 Å². The maximum Gasteiger partial charge on any atom is 0.0544 e. The molecule has 0 amide bonds. The van der Waals surface area contributed by atoms with Crippen molar-refractivity contribution in [2.75, 3.05) is 0 Å². The molecule has 2 nitrogen and oxygen atoms in total. The fourth-order valence-corrected chi connectivity index (χ4v) is 8.34. The Labute approximate surface area is 288 Å². The van der Waals surface area contributed by atoms with E-state index < -0.39 is 0 Å². The summed E-state index contributed by atoms with van der Waals surface area (Å²) in [4.78, 5) is 3.81. The van der Waals surface area contributed by atoms with Gasteiger partial charge in [-0.1, -0.05) is 143 Å². The average Bonchev–Trinajstić information content (AvgIpc) is 3.78. The lowest BCUT2D eigenvalue weighted by molar-refractivity contribution is 0.660. The molecule has 7 aromatic carbocycles. The molecule has 0 unspecified atom stereocenters. The number of hydrogen-bond donors (Lipinski definition) is 1. The largest absolute Gasteiger partial charge is 0.354 e. The summed E-state index contributed by atoms with van der Waals surface area (Å²) >= 11 is 0. The van der Waals surface area contributed by atoms with Crippen LogP contribution in [0.2, 0.25) is 0 Å². The van der Waals surface area contributed by atoms with Crippen molar-refractivity contribution in [3.8, 4) is 39.1 Å². The van der Waals surface area contributed by atoms with Crippen LogP contribution >= 0.6 is 0 Å². The van der Waals surface area contributed by atoms with Crippen LogP contribution in [0, 0.1) is 0 Å². The van der Waals surface area contributed by atoms with Gasteiger partial charge in [-0.05, 0) is 75.3 Å². The molecule has 0 radical (unpaired) electrons. The van der Waals surface area contributed by atoms with Gasteiger partial charge in [-0.2, -0.15) is 0 Å². The summed E-state index contributed by atoms with van der Waals surface area (Å²) in [6, 6.07) is 55.7. The van der Waals surface area contributed by atoms with Gasteiger partial charge in [-0.15, -0.1) is 0 Å². The van der Waals surface area contributed by atoms with Crippen LogP contribution in [0.5, 0.6) is 0 Å². The number of hydrogen-bond acceptors (Lipinski definition) is 0. The molecule has 0 fully saturated rings. The Kier molecular flexibility index (Phi) is 6.64. The maximum absolute atomic E-state index is 3.81. The highest BCUT2D eigenvalue weighted by Gasteiger charge is 2.36. The molecule has 2 aromatic heterocycles. The Morgan fingerprint density at radius 1 is 0.490 bits per heavy atom. The van der Waals surface area contributed by atoms with Gasteiger partial charge in [0.25, 0.3) is 0 Å². The molecule has 0 aliphatic heterocycles. The highest BCUT2D eigenvalue weighted by atomic mass is 15.0. The van der Waals surface area contributed by atoms with Crippen LogP contribution in [-0.4, -0.2) is 9.55 Å². The first-order valence-electron chi connectivity index (χ1n) is 17.5. The minimum atomic E-state index is -0.0203. The van der Waals surface area contributed by atoms with Crippen molar-refractivity contribution in [3.05, 3.63) is 163 Å². The molecule has 49 heavy (non-hydrogen) atoms. The van der Waals surface area contributed by atoms with Crippen molar-refractivity contribution in [1.29, 1.82) is 0 Å². The predicted molar refractivity (Wildman–Crippen MR) is 212 cm³/mol. The van der Waals surface area contributed by atoms with E-state index in [0.717, 1.165) is 5.52 Å². The minimum absolute atomic E-state index is 0. The molecule has 10 rings (SSSR count). The molecule has 238 valence electrons. The van der Waals surface area contributed by atoms with E-state index >= 15 is 0 Å². The van der Waals surface area contributed by atoms with Crippen molar-refractivity contribution < 1.29 is 1.43 Å². The Balaban J connectivity index is 0.00000118. The van der Waals surface area contributed by atoms with Gasteiger partial charge in [0.05, 0.1) is 16.6 Å². The first-order valence-corrected chi connectivity index (χ1v) is 17.5. The van der Waals surface area contributed by atoms with E-state index in [2.05, 4.69) is 175 Å². The molecule has 1 aliphatic carbocycles. The Hall–Kier alpha value is -5.86. The fourth-order valence-electron chi connectivity index (χ4n) is 8.34. The third-order valence-electron chi connectivity index (χ3n) is 10.5. The van der Waals surface area contributed by atoms with Crippen LogP contribution in [0.3, 0.4) is 0 Å². The van der Waals surface area contributed by atoms with Crippen LogP contribution in [-0.2, 0) is 5.41 Å². The Morgan fingerprint density at radius 3 is 1.84 bits per heavy atom. The van der Waals surface area contributed by atoms with E-state index in [1.807, 2.05) is 13.8 Å². The quantitative estimate of drug-likeness (QED) is 0.200. The number of fused-ring (bicyclic) bond motifs is 9. The van der Waals surface area contributed by atoms with Crippen molar-refractivity contribution in [1.82, 2.24) is 9.55 Å². The zero-order chi connectivity index (χ0) is 33.3. The van der Waals surface area contributed by atoms with E-state index in [0.29, 0.717) is 0 Å². The molecular weight excluding hydrogens is 593 g/mol. The monoisotopic (exact) mass is 632 g/mol. The molecule has 9 aromatic rings. The van der Waals surface area contributed by atoms with Crippen LogP contribution in [0.25, 0.3) is 82.7 Å². The molecule has 2 heterocycles. The number of para-hydroxylation sites is 3. The highest BCUT2D eigenvalue weighted by Crippen LogP contribution is 2.52. The number of rotatable bonds is 3. The van der Waals surface area contributed by atoms with Crippen molar-refractivity contribution in [2.45, 2.75) is 33.1 Å². The van der Waals surface area contributed by atoms with E-state index in [4.69, 9.17) is 0 Å². The lowest BCUT2D eigenvalue weighted by Gasteiger charge is -2.21. The first kappa shape index (κ1) is 29.3. The lowest BCUT2D eigenvalue weighted by Crippen LogP contribution is -2.14. The van der Waals surface area contributed by atoms with Gasteiger partial charge in [-0.3, -0.25) is 0 Å². The van der Waals surface area contributed by atoms with Gasteiger partial charge in [0.2, 0.25) is 0 Å². The van der Waals surface area contributed by atoms with Gasteiger partial charge in [0.15, 0.2) is 0 Å². The molecule has 0 bridgehead atoms. The summed E-state index contributed by atoms with van der Waals surface area (Å²) in [7, 11) is 0. The van der Waals surface area contributed by atoms with E-state index in [-0.39, 0.29) is 6.84 Å². The molecule has 0 atom stereocenters. The number of aromatic amines is 1. The van der Waals surface area contributed by atoms with Crippen LogP contribution in [0.4, 0.5) is 0 Å².